The van der Waals surface area contributed by atoms with Crippen LogP contribution in [0.15, 0.2) is 65.6 Å². The molecule has 3 aromatic rings. The van der Waals surface area contributed by atoms with E-state index in [1.807, 2.05) is 24.3 Å². The van der Waals surface area contributed by atoms with E-state index < -0.39 is 22.5 Å². The fraction of sp³-hybridized carbons (Fsp3) is 0.321. The van der Waals surface area contributed by atoms with Gasteiger partial charge in [0, 0.05) is 29.5 Å². The van der Waals surface area contributed by atoms with Gasteiger partial charge in [-0.3, -0.25) is 9.10 Å². The van der Waals surface area contributed by atoms with Crippen LogP contribution in [-0.2, 0) is 20.6 Å². The lowest BCUT2D eigenvalue weighted by Gasteiger charge is -2.26. The molecule has 0 fully saturated rings. The molecule has 3 aromatic carbocycles. The minimum atomic E-state index is -4.25. The molecule has 3 rings (SSSR count). The van der Waals surface area contributed by atoms with Gasteiger partial charge in [-0.05, 0) is 48.1 Å². The van der Waals surface area contributed by atoms with Crippen molar-refractivity contribution in [3.8, 4) is 23.0 Å². The molecule has 1 amide bonds. The molecule has 0 heterocycles. The lowest BCUT2D eigenvalue weighted by molar-refractivity contribution is -0.119. The van der Waals surface area contributed by atoms with E-state index >= 15 is 0 Å². The molecule has 0 unspecified atom stereocenters. The second-order valence-corrected chi connectivity index (χ2v) is 11.8. The molecule has 0 spiro atoms. The predicted molar refractivity (Wildman–Crippen MR) is 159 cm³/mol. The maximum atomic E-state index is 13.9. The highest BCUT2D eigenvalue weighted by atomic mass is 35.5. The largest absolute Gasteiger partial charge is 0.497 e. The second kappa shape index (κ2) is 14.9. The maximum absolute atomic E-state index is 13.9. The molecule has 0 atom stereocenters. The average Bonchev–Trinajstić information content (AvgIpc) is 2.97. The van der Waals surface area contributed by atoms with Gasteiger partial charge in [0.2, 0.25) is 5.91 Å². The number of sulfonamides is 1. The zero-order valence-electron chi connectivity index (χ0n) is 22.8. The highest BCUT2D eigenvalue weighted by Gasteiger charge is 2.31. The molecule has 0 aliphatic carbocycles. The van der Waals surface area contributed by atoms with Gasteiger partial charge in [-0.15, -0.1) is 0 Å². The molecule has 0 radical (unpaired) electrons. The first-order valence-corrected chi connectivity index (χ1v) is 15.3. The van der Waals surface area contributed by atoms with Crippen LogP contribution in [0.25, 0.3) is 0 Å². The number of hydrogen-bond acceptors (Lipinski definition) is 8. The minimum Gasteiger partial charge on any atom is -0.497 e. The van der Waals surface area contributed by atoms with Crippen LogP contribution in [0.1, 0.15) is 12.0 Å². The van der Waals surface area contributed by atoms with Crippen LogP contribution >= 0.6 is 23.4 Å². The number of rotatable bonds is 15. The van der Waals surface area contributed by atoms with Crippen LogP contribution in [0.4, 0.5) is 5.69 Å². The van der Waals surface area contributed by atoms with Gasteiger partial charge < -0.3 is 24.3 Å². The first-order valence-electron chi connectivity index (χ1n) is 12.3. The number of nitrogens with one attached hydrogen (secondary N) is 1. The van der Waals surface area contributed by atoms with E-state index in [2.05, 4.69) is 5.32 Å². The summed E-state index contributed by atoms with van der Waals surface area (Å²) in [6.07, 6.45) is 0.700. The third kappa shape index (κ3) is 7.89. The fourth-order valence-electron chi connectivity index (χ4n) is 3.78. The fourth-order valence-corrected chi connectivity index (χ4v) is 6.47. The number of carbonyl (C=O) groups excluding carboxylic acids is 1. The first kappa shape index (κ1) is 31.3. The molecular weight excluding hydrogens is 576 g/mol. The molecule has 0 saturated heterocycles. The first-order chi connectivity index (χ1) is 19.2. The predicted octanol–water partition coefficient (Wildman–Crippen LogP) is 5.01. The van der Waals surface area contributed by atoms with E-state index in [1.165, 1.54) is 52.7 Å². The van der Waals surface area contributed by atoms with Crippen molar-refractivity contribution in [3.05, 3.63) is 71.2 Å². The van der Waals surface area contributed by atoms with Crippen molar-refractivity contribution < 1.29 is 32.2 Å². The third-order valence-electron chi connectivity index (χ3n) is 5.89. The van der Waals surface area contributed by atoms with Crippen LogP contribution in [0, 0.1) is 0 Å². The van der Waals surface area contributed by atoms with E-state index in [9.17, 15) is 13.2 Å². The summed E-state index contributed by atoms with van der Waals surface area (Å²) in [4.78, 5) is 12.9. The lowest BCUT2D eigenvalue weighted by atomic mass is 10.2. The van der Waals surface area contributed by atoms with Crippen molar-refractivity contribution in [1.29, 1.82) is 0 Å². The number of halogens is 1. The molecule has 0 saturated carbocycles. The van der Waals surface area contributed by atoms with Crippen molar-refractivity contribution in [2.24, 2.45) is 0 Å². The van der Waals surface area contributed by atoms with E-state index in [4.69, 9.17) is 30.5 Å². The van der Waals surface area contributed by atoms with E-state index in [1.54, 1.807) is 23.9 Å². The smallest absolute Gasteiger partial charge is 0.265 e. The average molecular weight is 609 g/mol. The van der Waals surface area contributed by atoms with Gasteiger partial charge in [-0.2, -0.15) is 11.8 Å². The summed E-state index contributed by atoms with van der Waals surface area (Å²) in [7, 11) is 1.51. The van der Waals surface area contributed by atoms with Crippen LogP contribution < -0.4 is 28.6 Å². The van der Waals surface area contributed by atoms with Crippen molar-refractivity contribution in [1.82, 2.24) is 5.32 Å². The summed E-state index contributed by atoms with van der Waals surface area (Å²) in [5.41, 5.74) is 1.21. The Morgan fingerprint density at radius 3 is 2.27 bits per heavy atom. The molecule has 0 aliphatic heterocycles. The number of ether oxygens (including phenoxy) is 4. The molecule has 9 nitrogen and oxygen atoms in total. The highest BCUT2D eigenvalue weighted by molar-refractivity contribution is 7.98. The molecule has 0 bridgehead atoms. The Hall–Kier alpha value is -3.28. The Morgan fingerprint density at radius 2 is 1.60 bits per heavy atom. The topological polar surface area (TPSA) is 103 Å². The molecule has 40 heavy (non-hydrogen) atoms. The van der Waals surface area contributed by atoms with E-state index in [0.717, 1.165) is 26.4 Å². The van der Waals surface area contributed by atoms with Gasteiger partial charge in [-0.1, -0.05) is 29.8 Å². The Balaban J connectivity index is 1.77. The SMILES string of the molecule is COc1ccc(OC)c(N(CC(=O)NCCCSCc2ccccc2Cl)S(=O)(=O)c2ccc(OC)c(OC)c2)c1. The highest BCUT2D eigenvalue weighted by Crippen LogP contribution is 2.37. The number of carbonyl (C=O) groups is 1. The zero-order chi connectivity index (χ0) is 29.1. The van der Waals surface area contributed by atoms with Crippen LogP contribution in [0.3, 0.4) is 0 Å². The standard InChI is InChI=1S/C28H33ClN2O7S2/c1-35-21-10-12-25(36-2)24(16-21)31(40(33,34)22-11-13-26(37-3)27(17-22)38-4)18-28(32)30-14-7-15-39-19-20-8-5-6-9-23(20)29/h5-6,8-13,16-17H,7,14-15,18-19H2,1-4H3,(H,30,32). The summed E-state index contributed by atoms with van der Waals surface area (Å²) in [5, 5.41) is 3.55. The summed E-state index contributed by atoms with van der Waals surface area (Å²) >= 11 is 7.91. The van der Waals surface area contributed by atoms with E-state index in [0.29, 0.717) is 24.5 Å². The summed E-state index contributed by atoms with van der Waals surface area (Å²) < 4.78 is 50.1. The zero-order valence-corrected chi connectivity index (χ0v) is 25.2. The molecular formula is C28H33ClN2O7S2. The van der Waals surface area contributed by atoms with Crippen molar-refractivity contribution in [2.45, 2.75) is 17.1 Å². The van der Waals surface area contributed by atoms with Gasteiger partial charge in [0.1, 0.15) is 18.0 Å². The number of nitrogens with zero attached hydrogens (tertiary/aromatic N) is 1. The lowest BCUT2D eigenvalue weighted by Crippen LogP contribution is -2.41. The van der Waals surface area contributed by atoms with Gasteiger partial charge in [0.25, 0.3) is 10.0 Å². The summed E-state index contributed by atoms with van der Waals surface area (Å²) in [6, 6.07) is 16.6. The maximum Gasteiger partial charge on any atom is 0.265 e. The quantitative estimate of drug-likeness (QED) is 0.240. The van der Waals surface area contributed by atoms with Crippen LogP contribution in [-0.4, -0.2) is 61.6 Å². The number of benzene rings is 3. The Morgan fingerprint density at radius 1 is 0.900 bits per heavy atom. The summed E-state index contributed by atoms with van der Waals surface area (Å²) in [5.74, 6) is 2.36. The van der Waals surface area contributed by atoms with Crippen molar-refractivity contribution in [2.75, 3.05) is 51.6 Å². The van der Waals surface area contributed by atoms with Gasteiger partial charge in [0.15, 0.2) is 11.5 Å². The van der Waals surface area contributed by atoms with Crippen molar-refractivity contribution >= 4 is 45.0 Å². The number of thioether (sulfide) groups is 1. The number of hydrogen-bond donors (Lipinski definition) is 1. The number of anilines is 1. The minimum absolute atomic E-state index is 0.0844. The second-order valence-electron chi connectivity index (χ2n) is 8.41. The Labute approximate surface area is 244 Å². The molecule has 12 heteroatoms. The normalized spacial score (nSPS) is 11.0. The third-order valence-corrected chi connectivity index (χ3v) is 9.10. The van der Waals surface area contributed by atoms with Crippen LogP contribution in [0.5, 0.6) is 23.0 Å². The van der Waals surface area contributed by atoms with E-state index in [-0.39, 0.29) is 22.1 Å². The summed E-state index contributed by atoms with van der Waals surface area (Å²) in [6.45, 7) is -0.0964. The van der Waals surface area contributed by atoms with Crippen molar-refractivity contribution in [3.63, 3.8) is 0 Å². The van der Waals surface area contributed by atoms with Gasteiger partial charge >= 0.3 is 0 Å². The Kier molecular flexibility index (Phi) is 11.7. The molecule has 0 aromatic heterocycles. The monoisotopic (exact) mass is 608 g/mol. The molecule has 1 N–H and O–H groups in total. The van der Waals surface area contributed by atoms with Crippen LogP contribution in [0.2, 0.25) is 5.02 Å². The molecule has 0 aliphatic rings. The van der Waals surface area contributed by atoms with Gasteiger partial charge in [0.05, 0.1) is 39.0 Å². The Bertz CT molecular complexity index is 1400. The van der Waals surface area contributed by atoms with Gasteiger partial charge in [-0.25, -0.2) is 8.42 Å². The molecule has 216 valence electrons. The number of methoxy groups -OCH3 is 4. The number of amides is 1.